The number of guanidine groups is 1. The van der Waals surface area contributed by atoms with E-state index in [1.807, 2.05) is 6.92 Å². The van der Waals surface area contributed by atoms with E-state index < -0.39 is 11.7 Å². The number of carbonyl (C=O) groups excluding carboxylic acids is 1. The minimum Gasteiger partial charge on any atom is -0.476 e. The van der Waals surface area contributed by atoms with Crippen LogP contribution in [0.4, 0.5) is 13.2 Å². The smallest absolute Gasteiger partial charge is 0.417 e. The zero-order chi connectivity index (χ0) is 21.3. The predicted molar refractivity (Wildman–Crippen MR) is 117 cm³/mol. The Hall–Kier alpha value is -1.79. The van der Waals surface area contributed by atoms with E-state index in [-0.39, 0.29) is 48.4 Å². The predicted octanol–water partition coefficient (Wildman–Crippen LogP) is 3.34. The van der Waals surface area contributed by atoms with Gasteiger partial charge in [-0.25, -0.2) is 9.98 Å². The minimum atomic E-state index is -4.42. The molecule has 0 amide bonds. The zero-order valence-electron chi connectivity index (χ0n) is 17.1. The van der Waals surface area contributed by atoms with Crippen molar-refractivity contribution < 1.29 is 27.4 Å². The third kappa shape index (κ3) is 8.15. The Kier molecular flexibility index (Phi) is 11.2. The van der Waals surface area contributed by atoms with E-state index in [0.29, 0.717) is 45.6 Å². The number of pyridine rings is 1. The lowest BCUT2D eigenvalue weighted by atomic mass is 9.97. The molecule has 0 bridgehead atoms. The second-order valence-corrected chi connectivity index (χ2v) is 6.48. The summed E-state index contributed by atoms with van der Waals surface area (Å²) in [5.41, 5.74) is -0.816. The highest BCUT2D eigenvalue weighted by Crippen LogP contribution is 2.29. The maximum Gasteiger partial charge on any atom is 0.417 e. The quantitative estimate of drug-likeness (QED) is 0.187. The first-order valence-electron chi connectivity index (χ1n) is 9.71. The molecular formula is C19H28F3IN4O3. The Balaban J connectivity index is 0.00000450. The van der Waals surface area contributed by atoms with Gasteiger partial charge >= 0.3 is 12.1 Å². The summed E-state index contributed by atoms with van der Waals surface area (Å²) >= 11 is 0. The van der Waals surface area contributed by atoms with Gasteiger partial charge in [-0.2, -0.15) is 13.2 Å². The second-order valence-electron chi connectivity index (χ2n) is 6.48. The third-order valence-electron chi connectivity index (χ3n) is 4.42. The first-order valence-corrected chi connectivity index (χ1v) is 9.71. The van der Waals surface area contributed by atoms with Crippen LogP contribution in [0.15, 0.2) is 23.3 Å². The molecule has 0 aromatic carbocycles. The van der Waals surface area contributed by atoms with Gasteiger partial charge in [-0.1, -0.05) is 0 Å². The molecule has 30 heavy (non-hydrogen) atoms. The molecule has 1 aliphatic rings. The van der Waals surface area contributed by atoms with Crippen LogP contribution in [0, 0.1) is 5.92 Å². The van der Waals surface area contributed by atoms with Crippen LogP contribution in [0.3, 0.4) is 0 Å². The zero-order valence-corrected chi connectivity index (χ0v) is 19.4. The monoisotopic (exact) mass is 544 g/mol. The van der Waals surface area contributed by atoms with Crippen LogP contribution in [0.5, 0.6) is 5.88 Å². The van der Waals surface area contributed by atoms with Crippen molar-refractivity contribution in [1.29, 1.82) is 0 Å². The molecule has 1 fully saturated rings. The lowest BCUT2D eigenvalue weighted by molar-refractivity contribution is -0.149. The molecule has 0 atom stereocenters. The van der Waals surface area contributed by atoms with Crippen LogP contribution in [-0.4, -0.2) is 61.2 Å². The molecule has 7 nitrogen and oxygen atoms in total. The summed E-state index contributed by atoms with van der Waals surface area (Å²) in [7, 11) is 0. The molecule has 0 aliphatic carbocycles. The van der Waals surface area contributed by atoms with E-state index in [1.165, 1.54) is 6.07 Å². The molecule has 11 heteroatoms. The Morgan fingerprint density at radius 1 is 1.30 bits per heavy atom. The van der Waals surface area contributed by atoms with E-state index in [1.54, 1.807) is 6.92 Å². The van der Waals surface area contributed by atoms with Gasteiger partial charge in [-0.15, -0.1) is 24.0 Å². The second kappa shape index (κ2) is 12.8. The Bertz CT molecular complexity index is 679. The molecule has 1 aliphatic heterocycles. The van der Waals surface area contributed by atoms with E-state index in [2.05, 4.69) is 20.2 Å². The highest BCUT2D eigenvalue weighted by Gasteiger charge is 2.30. The van der Waals surface area contributed by atoms with Crippen LogP contribution in [0.1, 0.15) is 32.3 Å². The lowest BCUT2D eigenvalue weighted by Gasteiger charge is -2.33. The van der Waals surface area contributed by atoms with Gasteiger partial charge in [0.25, 0.3) is 0 Å². The average molecular weight is 544 g/mol. The number of aromatic nitrogens is 1. The number of hydrogen-bond donors (Lipinski definition) is 1. The number of nitrogens with one attached hydrogen (secondary N) is 1. The third-order valence-corrected chi connectivity index (χ3v) is 4.42. The topological polar surface area (TPSA) is 76.1 Å². The summed E-state index contributed by atoms with van der Waals surface area (Å²) in [5, 5.41) is 3.21. The molecule has 170 valence electrons. The first kappa shape index (κ1) is 26.2. The number of halogens is 4. The average Bonchev–Trinajstić information content (AvgIpc) is 2.70. The summed E-state index contributed by atoms with van der Waals surface area (Å²) in [5.74, 6) is 0.613. The number of aliphatic imine (C=N–C) groups is 1. The molecule has 1 aromatic rings. The van der Waals surface area contributed by atoms with Crippen LogP contribution in [0.2, 0.25) is 0 Å². The van der Waals surface area contributed by atoms with E-state index in [9.17, 15) is 18.0 Å². The number of esters is 1. The molecule has 1 aromatic heterocycles. The highest BCUT2D eigenvalue weighted by molar-refractivity contribution is 14.0. The fraction of sp³-hybridized carbons (Fsp3) is 0.632. The lowest BCUT2D eigenvalue weighted by Crippen LogP contribution is -2.46. The van der Waals surface area contributed by atoms with Crippen LogP contribution in [0.25, 0.3) is 0 Å². The summed E-state index contributed by atoms with van der Waals surface area (Å²) in [4.78, 5) is 22.1. The molecule has 0 unspecified atom stereocenters. The SMILES string of the molecule is CCNC(=NCCOc1ccc(C(F)(F)F)cn1)N1CCC(C(=O)OCC)CC1.I. The number of carbonyl (C=O) groups is 1. The summed E-state index contributed by atoms with van der Waals surface area (Å²) < 4.78 is 48.1. The Morgan fingerprint density at radius 2 is 2.00 bits per heavy atom. The van der Waals surface area contributed by atoms with Gasteiger partial charge in [-0.05, 0) is 32.8 Å². The van der Waals surface area contributed by atoms with Crippen molar-refractivity contribution >= 4 is 35.9 Å². The van der Waals surface area contributed by atoms with Crippen molar-refractivity contribution in [1.82, 2.24) is 15.2 Å². The Morgan fingerprint density at radius 3 is 2.53 bits per heavy atom. The molecule has 1 saturated heterocycles. The fourth-order valence-corrected chi connectivity index (χ4v) is 2.95. The van der Waals surface area contributed by atoms with Crippen molar-refractivity contribution in [2.75, 3.05) is 39.4 Å². The van der Waals surface area contributed by atoms with Crippen molar-refractivity contribution in [3.8, 4) is 5.88 Å². The number of hydrogen-bond acceptors (Lipinski definition) is 5. The summed E-state index contributed by atoms with van der Waals surface area (Å²) in [6, 6.07) is 2.13. The van der Waals surface area contributed by atoms with Gasteiger partial charge in [0.15, 0.2) is 5.96 Å². The summed E-state index contributed by atoms with van der Waals surface area (Å²) in [6.45, 7) is 6.73. The normalized spacial score (nSPS) is 15.4. The molecule has 2 rings (SSSR count). The van der Waals surface area contributed by atoms with Gasteiger partial charge in [0.2, 0.25) is 5.88 Å². The summed E-state index contributed by atoms with van der Waals surface area (Å²) in [6.07, 6.45) is -2.27. The standard InChI is InChI=1S/C19H27F3N4O3.HI/c1-3-23-18(26-10-7-14(8-11-26)17(27)28-4-2)24-9-12-29-16-6-5-15(13-25-16)19(20,21)22;/h5-6,13-14H,3-4,7-12H2,1-2H3,(H,23,24);1H. The number of piperidine rings is 1. The van der Waals surface area contributed by atoms with Crippen LogP contribution >= 0.6 is 24.0 Å². The minimum absolute atomic E-state index is 0. The number of nitrogens with zero attached hydrogens (tertiary/aromatic N) is 3. The maximum atomic E-state index is 12.5. The molecule has 1 N–H and O–H groups in total. The number of rotatable bonds is 7. The number of likely N-dealkylation sites (tertiary alicyclic amines) is 1. The van der Waals surface area contributed by atoms with Crippen molar-refractivity contribution in [3.05, 3.63) is 23.9 Å². The van der Waals surface area contributed by atoms with Crippen molar-refractivity contribution in [2.24, 2.45) is 10.9 Å². The van der Waals surface area contributed by atoms with Crippen molar-refractivity contribution in [2.45, 2.75) is 32.9 Å². The largest absolute Gasteiger partial charge is 0.476 e. The van der Waals surface area contributed by atoms with E-state index >= 15 is 0 Å². The van der Waals surface area contributed by atoms with Gasteiger partial charge in [0, 0.05) is 31.9 Å². The maximum absolute atomic E-state index is 12.5. The van der Waals surface area contributed by atoms with Crippen LogP contribution < -0.4 is 10.1 Å². The molecule has 0 saturated carbocycles. The Labute approximate surface area is 191 Å². The first-order chi connectivity index (χ1) is 13.8. The van der Waals surface area contributed by atoms with Gasteiger partial charge in [0.1, 0.15) is 6.61 Å². The number of ether oxygens (including phenoxy) is 2. The van der Waals surface area contributed by atoms with Gasteiger partial charge in [-0.3, -0.25) is 4.79 Å². The van der Waals surface area contributed by atoms with Crippen LogP contribution in [-0.2, 0) is 15.7 Å². The van der Waals surface area contributed by atoms with E-state index in [0.717, 1.165) is 18.2 Å². The fourth-order valence-electron chi connectivity index (χ4n) is 2.95. The van der Waals surface area contributed by atoms with Gasteiger partial charge in [0.05, 0.1) is 24.6 Å². The molecule has 0 radical (unpaired) electrons. The number of alkyl halides is 3. The molecule has 2 heterocycles. The molecule has 0 spiro atoms. The van der Waals surface area contributed by atoms with Crippen molar-refractivity contribution in [3.63, 3.8) is 0 Å². The van der Waals surface area contributed by atoms with Gasteiger partial charge < -0.3 is 19.7 Å². The van der Waals surface area contributed by atoms with E-state index in [4.69, 9.17) is 9.47 Å². The molecular weight excluding hydrogens is 516 g/mol. The highest BCUT2D eigenvalue weighted by atomic mass is 127.